The fraction of sp³-hybridized carbons (Fsp3) is 0.524. The summed E-state index contributed by atoms with van der Waals surface area (Å²) in [6.07, 6.45) is 4.34. The van der Waals surface area contributed by atoms with Crippen LogP contribution in [0.4, 0.5) is 11.5 Å². The maximum atomic E-state index is 11.8. The topological polar surface area (TPSA) is 84.2 Å². The third-order valence-electron chi connectivity index (χ3n) is 4.83. The normalized spacial score (nSPS) is 11.5. The highest BCUT2D eigenvalue weighted by atomic mass is 16.1. The van der Waals surface area contributed by atoms with Gasteiger partial charge >= 0.3 is 0 Å². The Morgan fingerprint density at radius 2 is 2.00 bits per heavy atom. The van der Waals surface area contributed by atoms with E-state index in [-0.39, 0.29) is 0 Å². The van der Waals surface area contributed by atoms with Gasteiger partial charge in [-0.15, -0.1) is 10.2 Å². The molecule has 0 atom stereocenters. The van der Waals surface area contributed by atoms with Crippen LogP contribution in [0.3, 0.4) is 0 Å². The van der Waals surface area contributed by atoms with Crippen molar-refractivity contribution in [2.45, 2.75) is 52.9 Å². The third kappa shape index (κ3) is 4.58. The first-order valence-electron chi connectivity index (χ1n) is 10.1. The minimum absolute atomic E-state index is 0.375. The Bertz CT molecular complexity index is 962. The smallest absolute Gasteiger partial charge is 0.204 e. The van der Waals surface area contributed by atoms with Crippen molar-refractivity contribution in [2.75, 3.05) is 24.2 Å². The number of ketones is 1. The number of nitrogens with zero attached hydrogens (tertiary/aromatic N) is 4. The van der Waals surface area contributed by atoms with Crippen molar-refractivity contribution >= 4 is 34.0 Å². The zero-order chi connectivity index (χ0) is 20.1. The van der Waals surface area contributed by atoms with Gasteiger partial charge in [0.15, 0.2) is 5.82 Å². The minimum Gasteiger partial charge on any atom is -0.388 e. The molecule has 7 nitrogen and oxygen atoms in total. The number of anilines is 2. The quantitative estimate of drug-likeness (QED) is 0.511. The van der Waals surface area contributed by atoms with Crippen LogP contribution in [0.25, 0.3) is 16.7 Å². The first kappa shape index (κ1) is 20.0. The predicted molar refractivity (Wildman–Crippen MR) is 114 cm³/mol. The maximum absolute atomic E-state index is 11.8. The highest BCUT2D eigenvalue weighted by Crippen LogP contribution is 2.24. The van der Waals surface area contributed by atoms with Crippen LogP contribution in [0, 0.1) is 12.8 Å². The zero-order valence-electron chi connectivity index (χ0n) is 17.2. The van der Waals surface area contributed by atoms with Gasteiger partial charge in [0, 0.05) is 32.1 Å². The summed E-state index contributed by atoms with van der Waals surface area (Å²) >= 11 is 0. The lowest BCUT2D eigenvalue weighted by molar-refractivity contribution is -0.119. The molecule has 0 fully saturated rings. The molecule has 2 heterocycles. The molecule has 0 radical (unpaired) electrons. The monoisotopic (exact) mass is 382 g/mol. The Kier molecular flexibility index (Phi) is 6.44. The number of hydrogen-bond acceptors (Lipinski definition) is 6. The highest BCUT2D eigenvalue weighted by Gasteiger charge is 2.13. The van der Waals surface area contributed by atoms with Gasteiger partial charge in [-0.3, -0.25) is 9.20 Å². The Labute approximate surface area is 165 Å². The van der Waals surface area contributed by atoms with Crippen LogP contribution < -0.4 is 10.6 Å². The molecule has 0 saturated heterocycles. The fourth-order valence-electron chi connectivity index (χ4n) is 3.44. The number of benzene rings is 1. The number of nitrogens with one attached hydrogen (secondary N) is 2. The van der Waals surface area contributed by atoms with Gasteiger partial charge < -0.3 is 10.6 Å². The summed E-state index contributed by atoms with van der Waals surface area (Å²) in [5.74, 6) is 2.41. The van der Waals surface area contributed by atoms with Gasteiger partial charge in [0.2, 0.25) is 5.65 Å². The lowest BCUT2D eigenvalue weighted by atomic mass is 10.0. The Balaban J connectivity index is 1.65. The van der Waals surface area contributed by atoms with Crippen molar-refractivity contribution in [2.24, 2.45) is 5.92 Å². The van der Waals surface area contributed by atoms with E-state index in [9.17, 15) is 4.79 Å². The number of hydrogen-bond donors (Lipinski definition) is 2. The molecule has 7 heteroatoms. The SMILES string of the molecule is CNc1ccc2c(c1)nc(NCCCCCC(=O)CC(C)C)c1nnc(C)n12. The van der Waals surface area contributed by atoms with E-state index in [1.54, 1.807) is 0 Å². The summed E-state index contributed by atoms with van der Waals surface area (Å²) in [5, 5.41) is 15.1. The average molecular weight is 383 g/mol. The van der Waals surface area contributed by atoms with E-state index in [1.807, 2.05) is 36.6 Å². The van der Waals surface area contributed by atoms with E-state index < -0.39 is 0 Å². The molecule has 0 bridgehead atoms. The Hall–Kier alpha value is -2.70. The second-order valence-corrected chi connectivity index (χ2v) is 7.69. The summed E-state index contributed by atoms with van der Waals surface area (Å²) < 4.78 is 2.04. The summed E-state index contributed by atoms with van der Waals surface area (Å²) in [5.41, 5.74) is 3.64. The number of aromatic nitrogens is 4. The van der Waals surface area contributed by atoms with Crippen molar-refractivity contribution in [3.63, 3.8) is 0 Å². The molecule has 3 aromatic rings. The molecule has 28 heavy (non-hydrogen) atoms. The molecule has 0 amide bonds. The minimum atomic E-state index is 0.375. The Morgan fingerprint density at radius 3 is 2.75 bits per heavy atom. The molecule has 0 aliphatic carbocycles. The number of carbonyl (C=O) groups excluding carboxylic acids is 1. The number of carbonyl (C=O) groups is 1. The van der Waals surface area contributed by atoms with Crippen molar-refractivity contribution in [3.05, 3.63) is 24.0 Å². The van der Waals surface area contributed by atoms with E-state index in [4.69, 9.17) is 4.98 Å². The number of rotatable bonds is 10. The van der Waals surface area contributed by atoms with E-state index in [0.717, 1.165) is 59.8 Å². The van der Waals surface area contributed by atoms with Gasteiger partial charge in [0.25, 0.3) is 0 Å². The molecule has 0 spiro atoms. The Morgan fingerprint density at radius 1 is 1.18 bits per heavy atom. The van der Waals surface area contributed by atoms with Gasteiger partial charge in [-0.1, -0.05) is 20.3 Å². The number of Topliss-reactive ketones (excluding diaryl/α,β-unsaturated/α-hetero) is 1. The third-order valence-corrected chi connectivity index (χ3v) is 4.83. The molecule has 150 valence electrons. The lowest BCUT2D eigenvalue weighted by Gasteiger charge is -2.11. The van der Waals surface area contributed by atoms with Crippen molar-refractivity contribution in [3.8, 4) is 0 Å². The van der Waals surface area contributed by atoms with Crippen LogP contribution >= 0.6 is 0 Å². The zero-order valence-corrected chi connectivity index (χ0v) is 17.2. The second kappa shape index (κ2) is 8.99. The standard InChI is InChI=1S/C21H30N6O/c1-14(2)12-17(28)8-6-5-7-11-23-20-21-26-25-15(3)27(21)19-10-9-16(22-4)13-18(19)24-20/h9-10,13-14,22H,5-8,11-12H2,1-4H3,(H,23,24). The summed E-state index contributed by atoms with van der Waals surface area (Å²) in [6, 6.07) is 6.09. The molecular weight excluding hydrogens is 352 g/mol. The number of fused-ring (bicyclic) bond motifs is 3. The predicted octanol–water partition coefficient (Wildman–Crippen LogP) is 4.22. The van der Waals surface area contributed by atoms with Gasteiger partial charge in [-0.25, -0.2) is 4.98 Å². The first-order chi connectivity index (χ1) is 13.5. The summed E-state index contributed by atoms with van der Waals surface area (Å²) in [7, 11) is 1.90. The molecule has 3 rings (SSSR count). The molecular formula is C21H30N6O. The summed E-state index contributed by atoms with van der Waals surface area (Å²) in [4.78, 5) is 16.6. The molecule has 2 N–H and O–H groups in total. The first-order valence-corrected chi connectivity index (χ1v) is 10.1. The molecule has 0 saturated carbocycles. The van der Waals surface area contributed by atoms with Crippen molar-refractivity contribution in [1.82, 2.24) is 19.6 Å². The van der Waals surface area contributed by atoms with E-state index in [1.165, 1.54) is 0 Å². The number of unbranched alkanes of at least 4 members (excludes halogenated alkanes) is 2. The van der Waals surface area contributed by atoms with Crippen LogP contribution in [0.2, 0.25) is 0 Å². The van der Waals surface area contributed by atoms with Gasteiger partial charge in [-0.2, -0.15) is 0 Å². The maximum Gasteiger partial charge on any atom is 0.204 e. The molecule has 0 unspecified atom stereocenters. The largest absolute Gasteiger partial charge is 0.388 e. The lowest BCUT2D eigenvalue weighted by Crippen LogP contribution is -2.07. The van der Waals surface area contributed by atoms with Crippen LogP contribution in [0.15, 0.2) is 18.2 Å². The van der Waals surface area contributed by atoms with E-state index >= 15 is 0 Å². The van der Waals surface area contributed by atoms with E-state index in [0.29, 0.717) is 24.5 Å². The van der Waals surface area contributed by atoms with Crippen molar-refractivity contribution < 1.29 is 4.79 Å². The van der Waals surface area contributed by atoms with Crippen molar-refractivity contribution in [1.29, 1.82) is 0 Å². The molecule has 2 aromatic heterocycles. The van der Waals surface area contributed by atoms with Gasteiger partial charge in [-0.05, 0) is 43.9 Å². The second-order valence-electron chi connectivity index (χ2n) is 7.69. The highest BCUT2D eigenvalue weighted by molar-refractivity contribution is 5.85. The molecule has 0 aliphatic heterocycles. The fourth-order valence-corrected chi connectivity index (χ4v) is 3.44. The molecule has 1 aromatic carbocycles. The summed E-state index contributed by atoms with van der Waals surface area (Å²) in [6.45, 7) is 6.92. The van der Waals surface area contributed by atoms with Crippen LogP contribution in [0.1, 0.15) is 51.8 Å². The van der Waals surface area contributed by atoms with Crippen LogP contribution in [-0.2, 0) is 4.79 Å². The van der Waals surface area contributed by atoms with Crippen LogP contribution in [-0.4, -0.2) is 39.0 Å². The van der Waals surface area contributed by atoms with Gasteiger partial charge in [0.05, 0.1) is 11.0 Å². The van der Waals surface area contributed by atoms with Crippen LogP contribution in [0.5, 0.6) is 0 Å². The number of aryl methyl sites for hydroxylation is 1. The molecule has 0 aliphatic rings. The average Bonchev–Trinajstić information content (AvgIpc) is 3.05. The van der Waals surface area contributed by atoms with E-state index in [2.05, 4.69) is 34.7 Å². The van der Waals surface area contributed by atoms with Gasteiger partial charge in [0.1, 0.15) is 11.6 Å².